The quantitative estimate of drug-likeness (QED) is 0.638. The van der Waals surface area contributed by atoms with E-state index in [9.17, 15) is 0 Å². The lowest BCUT2D eigenvalue weighted by Gasteiger charge is -1.94. The third-order valence-corrected chi connectivity index (χ3v) is 2.14. The minimum Gasteiger partial charge on any atom is -0.463 e. The van der Waals surface area contributed by atoms with E-state index in [1.165, 1.54) is 0 Å². The molecule has 0 aliphatic carbocycles. The first-order chi connectivity index (χ1) is 7.31. The number of rotatable bonds is 3. The molecule has 2 aromatic heterocycles. The highest BCUT2D eigenvalue weighted by Crippen LogP contribution is 2.00. The van der Waals surface area contributed by atoms with Gasteiger partial charge in [-0.15, -0.1) is 0 Å². The summed E-state index contributed by atoms with van der Waals surface area (Å²) >= 11 is 5.03. The molecule has 0 spiro atoms. The van der Waals surface area contributed by atoms with Crippen LogP contribution in [0.25, 0.3) is 0 Å². The second-order valence-corrected chi connectivity index (χ2v) is 3.26. The number of nitrogens with one attached hydrogen (secondary N) is 1. The van der Waals surface area contributed by atoms with Crippen molar-refractivity contribution in [3.8, 4) is 0 Å². The summed E-state index contributed by atoms with van der Waals surface area (Å²) in [4.78, 5) is 0. The van der Waals surface area contributed by atoms with Gasteiger partial charge in [-0.3, -0.25) is 5.10 Å². The summed E-state index contributed by atoms with van der Waals surface area (Å²) in [6, 6.07) is 3.62. The molecule has 2 aromatic rings. The van der Waals surface area contributed by atoms with Crippen molar-refractivity contribution in [2.45, 2.75) is 13.3 Å². The maximum atomic E-state index is 5.12. The first-order valence-corrected chi connectivity index (χ1v) is 4.96. The third-order valence-electron chi connectivity index (χ3n) is 1.88. The Morgan fingerprint density at radius 3 is 3.27 bits per heavy atom. The van der Waals surface area contributed by atoms with Crippen LogP contribution in [0.2, 0.25) is 0 Å². The fourth-order valence-corrected chi connectivity index (χ4v) is 1.35. The average Bonchev–Trinajstić information content (AvgIpc) is 2.84. The summed E-state index contributed by atoms with van der Waals surface area (Å²) < 4.78 is 7.18. The van der Waals surface area contributed by atoms with Gasteiger partial charge in [-0.2, -0.15) is 14.9 Å². The van der Waals surface area contributed by atoms with Crippen molar-refractivity contribution in [1.29, 1.82) is 0 Å². The van der Waals surface area contributed by atoms with E-state index in [1.54, 1.807) is 23.2 Å². The molecule has 0 bridgehead atoms. The molecule has 2 rings (SSSR count). The van der Waals surface area contributed by atoms with Crippen LogP contribution in [0.3, 0.4) is 0 Å². The Morgan fingerprint density at radius 1 is 1.73 bits per heavy atom. The van der Waals surface area contributed by atoms with Crippen LogP contribution in [0.4, 0.5) is 0 Å². The van der Waals surface area contributed by atoms with Crippen molar-refractivity contribution < 1.29 is 4.42 Å². The molecule has 0 amide bonds. The summed E-state index contributed by atoms with van der Waals surface area (Å²) in [6.07, 6.45) is 3.96. The minimum atomic E-state index is 0.481. The molecule has 0 fully saturated rings. The van der Waals surface area contributed by atoms with Gasteiger partial charge in [-0.1, -0.05) is 6.92 Å². The molecule has 6 heteroatoms. The van der Waals surface area contributed by atoms with Crippen LogP contribution in [-0.4, -0.2) is 21.1 Å². The lowest BCUT2D eigenvalue weighted by atomic mass is 10.5. The van der Waals surface area contributed by atoms with Gasteiger partial charge in [0.2, 0.25) is 4.77 Å². The lowest BCUT2D eigenvalue weighted by Crippen LogP contribution is -1.96. The van der Waals surface area contributed by atoms with Gasteiger partial charge in [0, 0.05) is 6.42 Å². The molecule has 0 unspecified atom stereocenters. The number of H-pyrrole nitrogens is 1. The van der Waals surface area contributed by atoms with Gasteiger partial charge < -0.3 is 4.42 Å². The monoisotopic (exact) mass is 222 g/mol. The number of furan rings is 1. The Balaban J connectivity index is 2.31. The Hall–Kier alpha value is -1.69. The van der Waals surface area contributed by atoms with E-state index in [1.807, 2.05) is 13.0 Å². The maximum absolute atomic E-state index is 5.12. The van der Waals surface area contributed by atoms with Gasteiger partial charge in [0.15, 0.2) is 5.82 Å². The highest BCUT2D eigenvalue weighted by Gasteiger charge is 2.01. The molecule has 1 N–H and O–H groups in total. The second kappa shape index (κ2) is 4.22. The molecular formula is C9H10N4OS. The molecule has 0 atom stereocenters. The predicted molar refractivity (Wildman–Crippen MR) is 58.5 cm³/mol. The zero-order valence-corrected chi connectivity index (χ0v) is 8.99. The fraction of sp³-hybridized carbons (Fsp3) is 0.222. The van der Waals surface area contributed by atoms with Crippen molar-refractivity contribution in [1.82, 2.24) is 14.9 Å². The zero-order valence-electron chi connectivity index (χ0n) is 8.17. The van der Waals surface area contributed by atoms with Crippen LogP contribution in [0.15, 0.2) is 27.9 Å². The van der Waals surface area contributed by atoms with Crippen molar-refractivity contribution in [3.05, 3.63) is 34.8 Å². The summed E-state index contributed by atoms with van der Waals surface area (Å²) in [5.41, 5.74) is 0. The van der Waals surface area contributed by atoms with E-state index in [0.29, 0.717) is 10.5 Å². The van der Waals surface area contributed by atoms with Gasteiger partial charge in [0.05, 0.1) is 12.5 Å². The van der Waals surface area contributed by atoms with Gasteiger partial charge in [-0.05, 0) is 24.4 Å². The smallest absolute Gasteiger partial charge is 0.216 e. The normalized spacial score (nSPS) is 11.3. The van der Waals surface area contributed by atoms with E-state index >= 15 is 0 Å². The van der Waals surface area contributed by atoms with Crippen LogP contribution < -0.4 is 0 Å². The maximum Gasteiger partial charge on any atom is 0.216 e. The van der Waals surface area contributed by atoms with Crippen molar-refractivity contribution >= 4 is 18.4 Å². The Morgan fingerprint density at radius 2 is 2.60 bits per heavy atom. The lowest BCUT2D eigenvalue weighted by molar-refractivity contribution is 0.559. The Kier molecular flexibility index (Phi) is 2.77. The largest absolute Gasteiger partial charge is 0.463 e. The number of aromatic nitrogens is 3. The molecule has 0 aliphatic rings. The van der Waals surface area contributed by atoms with E-state index in [4.69, 9.17) is 16.6 Å². The summed E-state index contributed by atoms with van der Waals surface area (Å²) in [7, 11) is 0. The summed E-state index contributed by atoms with van der Waals surface area (Å²) in [6.45, 7) is 1.99. The van der Waals surface area contributed by atoms with Gasteiger partial charge >= 0.3 is 0 Å². The highest BCUT2D eigenvalue weighted by atomic mass is 32.1. The Labute approximate surface area is 91.4 Å². The molecule has 0 saturated carbocycles. The molecule has 5 nitrogen and oxygen atoms in total. The van der Waals surface area contributed by atoms with Crippen molar-refractivity contribution in [2.75, 3.05) is 0 Å². The molecule has 78 valence electrons. The number of hydrogen-bond acceptors (Lipinski definition) is 4. The SMILES string of the molecule is CCc1n[nH]c(=S)n1/N=C\c1ccco1. The first kappa shape index (κ1) is 9.85. The van der Waals surface area contributed by atoms with Crippen LogP contribution >= 0.6 is 12.2 Å². The molecule has 0 aliphatic heterocycles. The molecule has 2 heterocycles. The minimum absolute atomic E-state index is 0.481. The predicted octanol–water partition coefficient (Wildman–Crippen LogP) is 1.98. The molecule has 0 saturated heterocycles. The number of nitrogens with zero attached hydrogens (tertiary/aromatic N) is 3. The van der Waals surface area contributed by atoms with Crippen LogP contribution in [0.1, 0.15) is 18.5 Å². The molecule has 15 heavy (non-hydrogen) atoms. The molecular weight excluding hydrogens is 212 g/mol. The van der Waals surface area contributed by atoms with Crippen LogP contribution in [-0.2, 0) is 6.42 Å². The zero-order chi connectivity index (χ0) is 10.7. The average molecular weight is 222 g/mol. The van der Waals surface area contributed by atoms with Gasteiger partial charge in [0.25, 0.3) is 0 Å². The van der Waals surface area contributed by atoms with Gasteiger partial charge in [0.1, 0.15) is 5.76 Å². The third kappa shape index (κ3) is 2.04. The highest BCUT2D eigenvalue weighted by molar-refractivity contribution is 7.71. The van der Waals surface area contributed by atoms with E-state index in [2.05, 4.69) is 15.3 Å². The number of aromatic amines is 1. The van der Waals surface area contributed by atoms with E-state index in [-0.39, 0.29) is 0 Å². The number of hydrogen-bond donors (Lipinski definition) is 1. The van der Waals surface area contributed by atoms with Crippen molar-refractivity contribution in [2.24, 2.45) is 5.10 Å². The fourth-order valence-electron chi connectivity index (χ4n) is 1.15. The first-order valence-electron chi connectivity index (χ1n) is 4.55. The summed E-state index contributed by atoms with van der Waals surface area (Å²) in [5, 5.41) is 10.9. The van der Waals surface area contributed by atoms with Gasteiger partial charge in [-0.25, -0.2) is 0 Å². The van der Waals surface area contributed by atoms with Crippen LogP contribution in [0, 0.1) is 4.77 Å². The van der Waals surface area contributed by atoms with Crippen LogP contribution in [0.5, 0.6) is 0 Å². The number of aryl methyl sites for hydroxylation is 1. The molecule has 0 radical (unpaired) electrons. The van der Waals surface area contributed by atoms with E-state index < -0.39 is 0 Å². The topological polar surface area (TPSA) is 59.1 Å². The van der Waals surface area contributed by atoms with E-state index in [0.717, 1.165) is 12.2 Å². The Bertz CT molecular complexity index is 508. The van der Waals surface area contributed by atoms with Crippen molar-refractivity contribution in [3.63, 3.8) is 0 Å². The second-order valence-electron chi connectivity index (χ2n) is 2.87. The summed E-state index contributed by atoms with van der Waals surface area (Å²) in [5.74, 6) is 1.47. The standard InChI is InChI=1S/C9H10N4OS/c1-2-8-11-12-9(15)13(8)10-6-7-4-3-5-14-7/h3-6H,2H2,1H3,(H,12,15)/b10-6-. The molecule has 0 aromatic carbocycles.